The zero-order valence-corrected chi connectivity index (χ0v) is 23.6. The van der Waals surface area contributed by atoms with Crippen LogP contribution in [0.15, 0.2) is 47.4 Å². The van der Waals surface area contributed by atoms with E-state index in [-0.39, 0.29) is 4.90 Å². The lowest BCUT2D eigenvalue weighted by molar-refractivity contribution is 0.227. The van der Waals surface area contributed by atoms with Crippen LogP contribution in [0.25, 0.3) is 0 Å². The molecule has 1 heterocycles. The fourth-order valence-electron chi connectivity index (χ4n) is 4.01. The summed E-state index contributed by atoms with van der Waals surface area (Å²) in [5.41, 5.74) is 0.369. The van der Waals surface area contributed by atoms with Crippen molar-refractivity contribution in [2.45, 2.75) is 42.2 Å². The third kappa shape index (κ3) is 8.66. The van der Waals surface area contributed by atoms with Gasteiger partial charge in [-0.1, -0.05) is 41.2 Å². The monoisotopic (exact) mass is 576 g/mol. The van der Waals surface area contributed by atoms with Crippen molar-refractivity contribution in [2.75, 3.05) is 36.7 Å². The topological polar surface area (TPSA) is 57.7 Å². The summed E-state index contributed by atoms with van der Waals surface area (Å²) in [5, 5.41) is 1.53. The van der Waals surface area contributed by atoms with Crippen molar-refractivity contribution in [3.05, 3.63) is 57.5 Å². The molecule has 1 unspecified atom stereocenters. The van der Waals surface area contributed by atoms with Crippen molar-refractivity contribution in [3.8, 4) is 12.8 Å². The maximum atomic E-state index is 13.5. The Balaban J connectivity index is 0.00000210. The molecule has 3 rings (SSSR count). The third-order valence-corrected chi connectivity index (χ3v) is 9.96. The van der Waals surface area contributed by atoms with Gasteiger partial charge in [0.2, 0.25) is 0 Å². The number of hydrogen-bond donors (Lipinski definition) is 0. The van der Waals surface area contributed by atoms with Crippen molar-refractivity contribution in [1.29, 1.82) is 0 Å². The van der Waals surface area contributed by atoms with Crippen molar-refractivity contribution in [2.24, 2.45) is 0 Å². The molecule has 1 aliphatic rings. The van der Waals surface area contributed by atoms with Crippen molar-refractivity contribution in [3.63, 3.8) is 0 Å². The Morgan fingerprint density at radius 1 is 0.971 bits per heavy atom. The van der Waals surface area contributed by atoms with E-state index in [1.54, 1.807) is 36.6 Å². The largest absolute Gasteiger partial charge is 0.303 e. The van der Waals surface area contributed by atoms with Crippen LogP contribution < -0.4 is 4.31 Å². The predicted molar refractivity (Wildman–Crippen MR) is 150 cm³/mol. The summed E-state index contributed by atoms with van der Waals surface area (Å²) in [6.07, 6.45) is 14.3. The summed E-state index contributed by atoms with van der Waals surface area (Å²) < 4.78 is 39.9. The Hall–Kier alpha value is -1.27. The van der Waals surface area contributed by atoms with Crippen LogP contribution in [0.1, 0.15) is 32.1 Å². The highest BCUT2D eigenvalue weighted by Gasteiger charge is 2.27. The van der Waals surface area contributed by atoms with Crippen LogP contribution in [0.4, 0.5) is 5.69 Å². The lowest BCUT2D eigenvalue weighted by Gasteiger charge is -2.31. The molecule has 0 bridgehead atoms. The molecule has 10 heteroatoms. The lowest BCUT2D eigenvalue weighted by Crippen LogP contribution is -2.38. The van der Waals surface area contributed by atoms with E-state index in [4.69, 9.17) is 34.8 Å². The van der Waals surface area contributed by atoms with Crippen LogP contribution in [0.5, 0.6) is 0 Å². The van der Waals surface area contributed by atoms with Gasteiger partial charge in [0.25, 0.3) is 10.0 Å². The molecule has 0 N–H and O–H groups in total. The minimum absolute atomic E-state index is 0.152. The maximum Gasteiger partial charge on any atom is 0.264 e. The highest BCUT2D eigenvalue weighted by molar-refractivity contribution is 7.92. The van der Waals surface area contributed by atoms with Gasteiger partial charge in [-0.25, -0.2) is 8.42 Å². The number of hydrogen-bond acceptors (Lipinski definition) is 4. The number of halogens is 3. The third-order valence-electron chi connectivity index (χ3n) is 5.92. The fraction of sp³-hybridized carbons (Fsp3) is 0.440. The second-order valence-corrected chi connectivity index (χ2v) is 13.0. The van der Waals surface area contributed by atoms with Gasteiger partial charge in [0.1, 0.15) is 0 Å². The van der Waals surface area contributed by atoms with Gasteiger partial charge in [0.15, 0.2) is 0 Å². The molecule has 1 atom stereocenters. The van der Waals surface area contributed by atoms with Gasteiger partial charge in [0.05, 0.1) is 15.6 Å². The first kappa shape index (κ1) is 30.0. The van der Waals surface area contributed by atoms with Crippen molar-refractivity contribution in [1.82, 2.24) is 4.90 Å². The Kier molecular flexibility index (Phi) is 12.4. The Morgan fingerprint density at radius 3 is 2.17 bits per heavy atom. The van der Waals surface area contributed by atoms with Crippen LogP contribution in [-0.2, 0) is 20.8 Å². The second kappa shape index (κ2) is 14.5. The lowest BCUT2D eigenvalue weighted by atomic mass is 10.1. The molecule has 0 spiro atoms. The quantitative estimate of drug-likeness (QED) is 0.253. The average molecular weight is 578 g/mol. The van der Waals surface area contributed by atoms with Crippen LogP contribution in [0.3, 0.4) is 0 Å². The molecule has 192 valence electrons. The highest BCUT2D eigenvalue weighted by Crippen LogP contribution is 2.33. The summed E-state index contributed by atoms with van der Waals surface area (Å²) in [4.78, 5) is 2.55. The summed E-state index contributed by atoms with van der Waals surface area (Å²) in [6, 6.07) is 10.9. The Labute approximate surface area is 227 Å². The number of nitrogens with zero attached hydrogens (tertiary/aromatic N) is 2. The molecular weight excluding hydrogens is 547 g/mol. The zero-order valence-electron chi connectivity index (χ0n) is 19.7. The SMILES string of the molecule is C#C.CS(=O)C1CCN(CCCCCN(c2cc(Cl)ccc2Cl)S(=O)(=O)c2ccc(Cl)cc2)CC1. The molecule has 0 radical (unpaired) electrons. The number of likely N-dealkylation sites (tertiary alicyclic amines) is 1. The molecular formula is C25H31Cl3N2O3S2. The molecule has 5 nitrogen and oxygen atoms in total. The summed E-state index contributed by atoms with van der Waals surface area (Å²) >= 11 is 18.5. The molecule has 1 aliphatic heterocycles. The van der Waals surface area contributed by atoms with E-state index in [0.29, 0.717) is 39.0 Å². The first-order chi connectivity index (χ1) is 16.7. The molecule has 2 aromatic carbocycles. The van der Waals surface area contributed by atoms with E-state index in [2.05, 4.69) is 17.7 Å². The normalized spacial score (nSPS) is 15.7. The Morgan fingerprint density at radius 2 is 1.57 bits per heavy atom. The van der Waals surface area contributed by atoms with E-state index in [1.165, 1.54) is 16.4 Å². The van der Waals surface area contributed by atoms with E-state index in [0.717, 1.165) is 45.3 Å². The molecule has 1 saturated heterocycles. The van der Waals surface area contributed by atoms with E-state index >= 15 is 0 Å². The number of benzene rings is 2. The van der Waals surface area contributed by atoms with Gasteiger partial charge < -0.3 is 4.90 Å². The summed E-state index contributed by atoms with van der Waals surface area (Å²) in [5.74, 6) is 0. The van der Waals surface area contributed by atoms with Gasteiger partial charge in [0, 0.05) is 38.9 Å². The van der Waals surface area contributed by atoms with Crippen LogP contribution in [0.2, 0.25) is 15.1 Å². The number of anilines is 1. The molecule has 2 aromatic rings. The number of unbranched alkanes of at least 4 members (excludes halogenated alkanes) is 2. The first-order valence-corrected chi connectivity index (χ1v) is 15.5. The maximum absolute atomic E-state index is 13.5. The summed E-state index contributed by atoms with van der Waals surface area (Å²) in [7, 11) is -4.59. The summed E-state index contributed by atoms with van der Waals surface area (Å²) in [6.45, 7) is 3.20. The van der Waals surface area contributed by atoms with Crippen molar-refractivity contribution < 1.29 is 12.6 Å². The molecule has 35 heavy (non-hydrogen) atoms. The van der Waals surface area contributed by atoms with Gasteiger partial charge in [-0.3, -0.25) is 8.51 Å². The number of terminal acetylenes is 1. The van der Waals surface area contributed by atoms with Crippen LogP contribution in [-0.4, -0.2) is 55.2 Å². The standard InChI is InChI=1S/C23H29Cl3N2O3S2.C2H2/c1-32(29)20-11-15-27(16-12-20)13-3-2-4-14-28(23-17-19(25)7-10-22(23)26)33(30,31)21-8-5-18(24)6-9-21;1-2/h5-10,17,20H,2-4,11-16H2,1H3;1-2H. The van der Waals surface area contributed by atoms with E-state index in [9.17, 15) is 12.6 Å². The number of rotatable bonds is 10. The minimum Gasteiger partial charge on any atom is -0.303 e. The van der Waals surface area contributed by atoms with Gasteiger partial charge in [-0.2, -0.15) is 0 Å². The molecule has 0 amide bonds. The van der Waals surface area contributed by atoms with Gasteiger partial charge in [-0.15, -0.1) is 12.8 Å². The highest BCUT2D eigenvalue weighted by atomic mass is 35.5. The average Bonchev–Trinajstić information content (AvgIpc) is 2.85. The first-order valence-electron chi connectivity index (χ1n) is 11.3. The second-order valence-electron chi connectivity index (χ2n) is 8.23. The van der Waals surface area contributed by atoms with E-state index < -0.39 is 20.8 Å². The molecule has 1 fully saturated rings. The zero-order chi connectivity index (χ0) is 26.0. The fourth-order valence-corrected chi connectivity index (χ4v) is 6.96. The van der Waals surface area contributed by atoms with Crippen LogP contribution >= 0.6 is 34.8 Å². The molecule has 0 aromatic heterocycles. The number of piperidine rings is 1. The molecule has 0 aliphatic carbocycles. The van der Waals surface area contributed by atoms with E-state index in [1.807, 2.05) is 0 Å². The van der Waals surface area contributed by atoms with Crippen molar-refractivity contribution >= 4 is 61.3 Å². The molecule has 0 saturated carbocycles. The Bertz CT molecular complexity index is 1100. The van der Waals surface area contributed by atoms with Gasteiger partial charge >= 0.3 is 0 Å². The van der Waals surface area contributed by atoms with Crippen LogP contribution in [0, 0.1) is 12.8 Å². The number of sulfonamides is 1. The van der Waals surface area contributed by atoms with Gasteiger partial charge in [-0.05, 0) is 87.8 Å². The minimum atomic E-state index is -3.84. The predicted octanol–water partition coefficient (Wildman–Crippen LogP) is 6.10. The smallest absolute Gasteiger partial charge is 0.264 e.